The van der Waals surface area contributed by atoms with Crippen molar-refractivity contribution in [1.29, 1.82) is 0 Å². The highest BCUT2D eigenvalue weighted by Gasteiger charge is 2.24. The number of hydrogen-bond acceptors (Lipinski definition) is 6. The lowest BCUT2D eigenvalue weighted by atomic mass is 9.99. The Balaban J connectivity index is 0.000000134. The number of rotatable bonds is 10. The van der Waals surface area contributed by atoms with Gasteiger partial charge in [0.2, 0.25) is 0 Å². The summed E-state index contributed by atoms with van der Waals surface area (Å²) in [4.78, 5) is 4.74. The first-order valence-corrected chi connectivity index (χ1v) is 41.0. The molecule has 0 atom stereocenters. The predicted molar refractivity (Wildman–Crippen MR) is 495 cm³/mol. The number of para-hydroxylation sites is 3. The number of nitrogens with zero attached hydrogens (tertiary/aromatic N) is 4. The van der Waals surface area contributed by atoms with Crippen molar-refractivity contribution in [3.05, 3.63) is 400 Å². The first-order chi connectivity index (χ1) is 57.5. The molecule has 0 amide bonds. The van der Waals surface area contributed by atoms with Crippen LogP contribution in [0.5, 0.6) is 0 Å². The maximum absolute atomic E-state index is 6.37. The largest absolute Gasteiger partial charge is 0.456 e. The summed E-state index contributed by atoms with van der Waals surface area (Å²) in [5, 5.41) is 22.1. The third-order valence-electron chi connectivity index (χ3n) is 23.7. The Bertz CT molecular complexity index is 8310. The molecule has 0 fully saturated rings. The number of benzene rings is 19. The minimum Gasteiger partial charge on any atom is -0.456 e. The van der Waals surface area contributed by atoms with E-state index in [4.69, 9.17) is 8.83 Å². The van der Waals surface area contributed by atoms with E-state index in [1.165, 1.54) is 128 Å². The molecule has 19 aromatic carbocycles. The molecule has 6 aromatic heterocycles. The molecule has 25 aromatic rings. The number of furan rings is 2. The fraction of sp³-hybridized carbons (Fsp3) is 0. The van der Waals surface area contributed by atoms with E-state index < -0.39 is 0 Å². The van der Waals surface area contributed by atoms with E-state index in [1.807, 2.05) is 46.9 Å². The lowest BCUT2D eigenvalue weighted by Gasteiger charge is -2.27. The van der Waals surface area contributed by atoms with Crippen LogP contribution in [-0.4, -0.2) is 9.13 Å². The topological polar surface area (TPSA) is 42.6 Å². The zero-order valence-electron chi connectivity index (χ0n) is 62.5. The van der Waals surface area contributed by atoms with Crippen molar-refractivity contribution >= 4 is 217 Å². The molecule has 0 aliphatic carbocycles. The molecular formula is C108H66N4O2S2. The average Bonchev–Trinajstić information content (AvgIpc) is 1.58. The number of aromatic nitrogens is 2. The zero-order chi connectivity index (χ0) is 76.1. The molecule has 6 heterocycles. The molecule has 0 saturated carbocycles. The van der Waals surface area contributed by atoms with E-state index in [-0.39, 0.29) is 0 Å². The van der Waals surface area contributed by atoms with E-state index in [0.29, 0.717) is 0 Å². The molecule has 0 saturated heterocycles. The Hall–Kier alpha value is -14.8. The third kappa shape index (κ3) is 10.7. The Morgan fingerprint density at radius 3 is 1.30 bits per heavy atom. The summed E-state index contributed by atoms with van der Waals surface area (Å²) in [5.41, 5.74) is 21.9. The van der Waals surface area contributed by atoms with Gasteiger partial charge in [0.05, 0.1) is 27.8 Å². The molecule has 0 unspecified atom stereocenters. The van der Waals surface area contributed by atoms with Gasteiger partial charge < -0.3 is 27.8 Å². The van der Waals surface area contributed by atoms with Crippen LogP contribution in [0.3, 0.4) is 0 Å². The highest BCUT2D eigenvalue weighted by molar-refractivity contribution is 7.26. The maximum Gasteiger partial charge on any atom is 0.137 e. The molecule has 0 N–H and O–H groups in total. The Morgan fingerprint density at radius 2 is 0.612 bits per heavy atom. The monoisotopic (exact) mass is 1510 g/mol. The van der Waals surface area contributed by atoms with Crippen LogP contribution in [0, 0.1) is 0 Å². The lowest BCUT2D eigenvalue weighted by Crippen LogP contribution is -2.10. The summed E-state index contributed by atoms with van der Waals surface area (Å²) in [7, 11) is 0. The summed E-state index contributed by atoms with van der Waals surface area (Å²) in [6.45, 7) is 0. The highest BCUT2D eigenvalue weighted by atomic mass is 32.1. The Kier molecular flexibility index (Phi) is 15.0. The van der Waals surface area contributed by atoms with Crippen LogP contribution < -0.4 is 9.80 Å². The van der Waals surface area contributed by atoms with Crippen molar-refractivity contribution in [2.24, 2.45) is 0 Å². The number of fused-ring (bicyclic) bond motifs is 22. The summed E-state index contributed by atoms with van der Waals surface area (Å²) < 4.78 is 22.7. The Labute approximate surface area is 673 Å². The smallest absolute Gasteiger partial charge is 0.137 e. The van der Waals surface area contributed by atoms with E-state index in [0.717, 1.165) is 100 Å². The quantitative estimate of drug-likeness (QED) is 0.137. The van der Waals surface area contributed by atoms with Gasteiger partial charge in [-0.2, -0.15) is 0 Å². The predicted octanol–water partition coefficient (Wildman–Crippen LogP) is 31.8. The first-order valence-electron chi connectivity index (χ1n) is 39.4. The second kappa shape index (κ2) is 26.4. The van der Waals surface area contributed by atoms with Crippen LogP contribution in [0.4, 0.5) is 34.1 Å². The summed E-state index contributed by atoms with van der Waals surface area (Å²) in [6.07, 6.45) is 0. The molecule has 0 aliphatic heterocycles. The van der Waals surface area contributed by atoms with E-state index in [9.17, 15) is 0 Å². The second-order valence-electron chi connectivity index (χ2n) is 30.2. The molecule has 0 spiro atoms. The van der Waals surface area contributed by atoms with Gasteiger partial charge in [0.15, 0.2) is 0 Å². The molecule has 6 nitrogen and oxygen atoms in total. The van der Waals surface area contributed by atoms with Gasteiger partial charge in [-0.25, -0.2) is 0 Å². The summed E-state index contributed by atoms with van der Waals surface area (Å²) in [5.74, 6) is 0. The fourth-order valence-electron chi connectivity index (χ4n) is 18.3. The van der Waals surface area contributed by atoms with Gasteiger partial charge in [-0.05, 0) is 201 Å². The van der Waals surface area contributed by atoms with Gasteiger partial charge in [-0.3, -0.25) is 0 Å². The van der Waals surface area contributed by atoms with Crippen LogP contribution in [0.15, 0.2) is 409 Å². The Morgan fingerprint density at radius 1 is 0.198 bits per heavy atom. The van der Waals surface area contributed by atoms with Crippen molar-refractivity contribution in [1.82, 2.24) is 9.13 Å². The van der Waals surface area contributed by atoms with Crippen LogP contribution in [-0.2, 0) is 0 Å². The molecule has 116 heavy (non-hydrogen) atoms. The van der Waals surface area contributed by atoms with Crippen molar-refractivity contribution in [2.45, 2.75) is 0 Å². The van der Waals surface area contributed by atoms with Crippen LogP contribution in [0.1, 0.15) is 0 Å². The molecule has 0 radical (unpaired) electrons. The van der Waals surface area contributed by atoms with Crippen molar-refractivity contribution in [3.63, 3.8) is 0 Å². The average molecular weight is 1520 g/mol. The van der Waals surface area contributed by atoms with Crippen LogP contribution in [0.2, 0.25) is 0 Å². The number of hydrogen-bond donors (Lipinski definition) is 0. The second-order valence-corrected chi connectivity index (χ2v) is 32.4. The summed E-state index contributed by atoms with van der Waals surface area (Å²) >= 11 is 3.73. The highest BCUT2D eigenvalue weighted by Crippen LogP contribution is 2.48. The molecule has 8 heteroatoms. The van der Waals surface area contributed by atoms with E-state index in [2.05, 4.69) is 395 Å². The van der Waals surface area contributed by atoms with Crippen LogP contribution in [0.25, 0.3) is 194 Å². The van der Waals surface area contributed by atoms with Crippen LogP contribution >= 0.6 is 22.7 Å². The van der Waals surface area contributed by atoms with E-state index >= 15 is 0 Å². The minimum absolute atomic E-state index is 0.871. The van der Waals surface area contributed by atoms with Gasteiger partial charge in [-0.1, -0.05) is 237 Å². The third-order valence-corrected chi connectivity index (χ3v) is 26.0. The molecule has 0 bridgehead atoms. The SMILES string of the molecule is c1ccc2c(N(c3ccc(-c4ccc5c(c4)c4ccccc4n5-c4ccc5c(c4)oc4ccccc45)cc3)c3ccc4c(c3)oc3ccccc34)cccc2c1.c1ccc2cc(N(c3ccc(-c4ccc5c(c4)c4c6ccccc6ccc4n5-c4ccc5c(c4)sc4ccccc45)cc3)c3ccc4c(c3)sc3ccccc34)ccc2c1. The number of anilines is 6. The van der Waals surface area contributed by atoms with Gasteiger partial charge in [0, 0.05) is 141 Å². The summed E-state index contributed by atoms with van der Waals surface area (Å²) in [6, 6.07) is 145. The molecular weight excluding hydrogens is 1450 g/mol. The first kappa shape index (κ1) is 65.9. The maximum atomic E-state index is 6.37. The van der Waals surface area contributed by atoms with Crippen molar-refractivity contribution < 1.29 is 8.83 Å². The normalized spacial score (nSPS) is 12.0. The fourth-order valence-corrected chi connectivity index (χ4v) is 20.6. The van der Waals surface area contributed by atoms with Crippen molar-refractivity contribution in [3.8, 4) is 33.6 Å². The van der Waals surface area contributed by atoms with Gasteiger partial charge in [0.25, 0.3) is 0 Å². The van der Waals surface area contributed by atoms with E-state index in [1.54, 1.807) is 0 Å². The standard InChI is InChI=1S/C56H34N2S2.C52H32N2O2/c1-2-11-38-31-41(24-19-35(38)9-1)57(42-25-27-47-45-13-5-7-15-52(45)59-54(47)33-42)40-22-17-36(18-23-40)39-21-29-50-49(32-39)56-44-12-4-3-10-37(44)20-30-51(56)58(50)43-26-28-48-46-14-6-8-16-53(46)60-55(48)34-43;1-2-12-39-34(10-1)11-9-17-46(39)53(37-25-27-43-41-14-4-7-18-49(41)55-51(43)31-37)36-23-20-33(21-24-36)35-22-29-48-45(30-35)40-13-3-6-16-47(40)54(48)38-26-28-44-42-15-5-8-19-50(42)56-52(44)32-38/h1-34H;1-32H. The van der Waals surface area contributed by atoms with Gasteiger partial charge in [0.1, 0.15) is 22.3 Å². The van der Waals surface area contributed by atoms with Gasteiger partial charge >= 0.3 is 0 Å². The van der Waals surface area contributed by atoms with Gasteiger partial charge in [-0.15, -0.1) is 22.7 Å². The lowest BCUT2D eigenvalue weighted by molar-refractivity contribution is 0.668. The minimum atomic E-state index is 0.871. The molecule has 25 rings (SSSR count). The molecule has 0 aliphatic rings. The zero-order valence-corrected chi connectivity index (χ0v) is 64.2. The van der Waals surface area contributed by atoms with Crippen molar-refractivity contribution in [2.75, 3.05) is 9.80 Å². The molecule has 542 valence electrons. The number of thiophene rings is 2.